The Balaban J connectivity index is 1.77. The van der Waals surface area contributed by atoms with E-state index in [2.05, 4.69) is 4.98 Å². The highest BCUT2D eigenvalue weighted by molar-refractivity contribution is 6.61. The van der Waals surface area contributed by atoms with Gasteiger partial charge in [0.25, 0.3) is 0 Å². The lowest BCUT2D eigenvalue weighted by Gasteiger charge is -2.05. The fraction of sp³-hybridized carbons (Fsp3) is 0.286. The number of carbonyl (C=O) groups excluding carboxylic acids is 1. The quantitative estimate of drug-likeness (QED) is 0.660. The first-order valence-electron chi connectivity index (χ1n) is 6.66. The molecule has 1 aliphatic rings. The molecular formula is C14H14BFN2O3. The maximum Gasteiger partial charge on any atom is 0.491 e. The molecule has 0 unspecified atom stereocenters. The van der Waals surface area contributed by atoms with Crippen molar-refractivity contribution in [2.24, 2.45) is 7.05 Å². The van der Waals surface area contributed by atoms with Gasteiger partial charge in [-0.25, -0.2) is 9.37 Å². The molecule has 0 atom stereocenters. The van der Waals surface area contributed by atoms with Crippen LogP contribution in [-0.4, -0.2) is 27.5 Å². The molecule has 0 saturated carbocycles. The van der Waals surface area contributed by atoms with Crippen molar-refractivity contribution in [3.8, 4) is 0 Å². The Hall–Kier alpha value is -1.99. The Bertz CT molecular complexity index is 702. The topological polar surface area (TPSA) is 64.4 Å². The molecule has 2 aromatic rings. The Labute approximate surface area is 121 Å². The third kappa shape index (κ3) is 2.75. The molecule has 21 heavy (non-hydrogen) atoms. The van der Waals surface area contributed by atoms with Crippen molar-refractivity contribution in [1.29, 1.82) is 0 Å². The number of fused-ring (bicyclic) bond motifs is 1. The van der Waals surface area contributed by atoms with Crippen molar-refractivity contribution in [2.45, 2.75) is 19.4 Å². The number of ketones is 1. The third-order valence-corrected chi connectivity index (χ3v) is 3.56. The summed E-state index contributed by atoms with van der Waals surface area (Å²) in [5, 5.41) is 9.62. The van der Waals surface area contributed by atoms with Crippen molar-refractivity contribution < 1.29 is 18.9 Å². The second kappa shape index (κ2) is 5.42. The van der Waals surface area contributed by atoms with Crippen LogP contribution in [0.15, 0.2) is 24.7 Å². The van der Waals surface area contributed by atoms with E-state index in [9.17, 15) is 14.2 Å². The zero-order valence-corrected chi connectivity index (χ0v) is 11.5. The molecule has 7 heteroatoms. The molecule has 1 aromatic carbocycles. The number of imidazole rings is 1. The highest BCUT2D eigenvalue weighted by Gasteiger charge is 2.29. The molecular weight excluding hydrogens is 274 g/mol. The lowest BCUT2D eigenvalue weighted by molar-refractivity contribution is 0.0978. The first kappa shape index (κ1) is 14.0. The Kier molecular flexibility index (Phi) is 3.61. The summed E-state index contributed by atoms with van der Waals surface area (Å²) in [5.41, 5.74) is 1.84. The Morgan fingerprint density at radius 2 is 2.38 bits per heavy atom. The maximum absolute atomic E-state index is 14.0. The van der Waals surface area contributed by atoms with E-state index in [-0.39, 0.29) is 24.4 Å². The smallest absolute Gasteiger partial charge is 0.423 e. The molecule has 0 bridgehead atoms. The molecule has 1 N–H and O–H groups in total. The zero-order valence-electron chi connectivity index (χ0n) is 11.5. The second-order valence-electron chi connectivity index (χ2n) is 5.15. The summed E-state index contributed by atoms with van der Waals surface area (Å²) in [6, 6.07) is 2.66. The van der Waals surface area contributed by atoms with Gasteiger partial charge in [0.15, 0.2) is 5.78 Å². The van der Waals surface area contributed by atoms with Crippen molar-refractivity contribution in [2.75, 3.05) is 0 Å². The molecule has 0 aliphatic carbocycles. The van der Waals surface area contributed by atoms with E-state index in [0.29, 0.717) is 17.4 Å². The molecule has 0 amide bonds. The van der Waals surface area contributed by atoms with Crippen LogP contribution in [-0.2, 0) is 24.7 Å². The summed E-state index contributed by atoms with van der Waals surface area (Å²) < 4.78 is 20.8. The standard InChI is InChI=1S/C14H14BFN2O3/c1-18-6-10(17-8-18)2-3-14(19)11-5-12-9(4-13(11)16)7-21-15(12)20/h4-6,8,20H,2-3,7H2,1H3. The van der Waals surface area contributed by atoms with E-state index in [4.69, 9.17) is 4.65 Å². The number of nitrogens with zero attached hydrogens (tertiary/aromatic N) is 2. The highest BCUT2D eigenvalue weighted by Crippen LogP contribution is 2.17. The summed E-state index contributed by atoms with van der Waals surface area (Å²) >= 11 is 0. The van der Waals surface area contributed by atoms with Crippen LogP contribution in [0.5, 0.6) is 0 Å². The number of hydrogen-bond acceptors (Lipinski definition) is 4. The molecule has 0 spiro atoms. The van der Waals surface area contributed by atoms with E-state index in [1.54, 1.807) is 10.9 Å². The number of hydrogen-bond donors (Lipinski definition) is 1. The van der Waals surface area contributed by atoms with Crippen LogP contribution in [0.1, 0.15) is 28.0 Å². The van der Waals surface area contributed by atoms with Gasteiger partial charge >= 0.3 is 7.12 Å². The summed E-state index contributed by atoms with van der Waals surface area (Å²) in [6.07, 6.45) is 4.10. The van der Waals surface area contributed by atoms with Crippen LogP contribution in [0.4, 0.5) is 4.39 Å². The van der Waals surface area contributed by atoms with Gasteiger partial charge in [0.1, 0.15) is 5.82 Å². The van der Waals surface area contributed by atoms with Crippen LogP contribution >= 0.6 is 0 Å². The SMILES string of the molecule is Cn1cnc(CCC(=O)c2cc3c(cc2F)COB3O)c1. The molecule has 0 saturated heterocycles. The summed E-state index contributed by atoms with van der Waals surface area (Å²) in [4.78, 5) is 16.3. The lowest BCUT2D eigenvalue weighted by Crippen LogP contribution is -2.29. The van der Waals surface area contributed by atoms with Gasteiger partial charge in [0, 0.05) is 19.7 Å². The highest BCUT2D eigenvalue weighted by atomic mass is 19.1. The number of carbonyl (C=O) groups is 1. The van der Waals surface area contributed by atoms with Gasteiger partial charge in [-0.2, -0.15) is 0 Å². The molecule has 5 nitrogen and oxygen atoms in total. The number of rotatable bonds is 4. The Morgan fingerprint density at radius 3 is 3.10 bits per heavy atom. The van der Waals surface area contributed by atoms with Crippen LogP contribution in [0.25, 0.3) is 0 Å². The van der Waals surface area contributed by atoms with Gasteiger partial charge in [-0.15, -0.1) is 0 Å². The third-order valence-electron chi connectivity index (χ3n) is 3.56. The van der Waals surface area contributed by atoms with E-state index < -0.39 is 12.9 Å². The van der Waals surface area contributed by atoms with Crippen LogP contribution in [0, 0.1) is 5.82 Å². The van der Waals surface area contributed by atoms with Gasteiger partial charge in [-0.3, -0.25) is 4.79 Å². The van der Waals surface area contributed by atoms with Crippen molar-refractivity contribution in [3.63, 3.8) is 0 Å². The summed E-state index contributed by atoms with van der Waals surface area (Å²) in [5.74, 6) is -0.877. The molecule has 0 radical (unpaired) electrons. The number of aromatic nitrogens is 2. The fourth-order valence-electron chi connectivity index (χ4n) is 2.43. The van der Waals surface area contributed by atoms with Gasteiger partial charge in [-0.05, 0) is 29.6 Å². The van der Waals surface area contributed by atoms with Gasteiger partial charge in [0.2, 0.25) is 0 Å². The number of benzene rings is 1. The lowest BCUT2D eigenvalue weighted by atomic mass is 9.78. The van der Waals surface area contributed by atoms with Gasteiger partial charge < -0.3 is 14.2 Å². The van der Waals surface area contributed by atoms with Crippen molar-refractivity contribution in [3.05, 3.63) is 47.3 Å². The molecule has 2 heterocycles. The average Bonchev–Trinajstić information content (AvgIpc) is 3.02. The molecule has 1 aliphatic heterocycles. The number of halogens is 1. The molecule has 108 valence electrons. The van der Waals surface area contributed by atoms with E-state index in [0.717, 1.165) is 5.69 Å². The summed E-state index contributed by atoms with van der Waals surface area (Å²) in [6.45, 7) is 0.163. The summed E-state index contributed by atoms with van der Waals surface area (Å²) in [7, 11) is 0.766. The molecule has 0 fully saturated rings. The van der Waals surface area contributed by atoms with Crippen LogP contribution in [0.2, 0.25) is 0 Å². The first-order valence-corrected chi connectivity index (χ1v) is 6.66. The minimum Gasteiger partial charge on any atom is -0.423 e. The number of Topliss-reactive ketones (excluding diaryl/α,β-unsaturated/α-hetero) is 1. The fourth-order valence-corrected chi connectivity index (χ4v) is 2.43. The van der Waals surface area contributed by atoms with Crippen molar-refractivity contribution >= 4 is 18.4 Å². The van der Waals surface area contributed by atoms with Gasteiger partial charge in [0.05, 0.1) is 24.2 Å². The van der Waals surface area contributed by atoms with E-state index >= 15 is 0 Å². The van der Waals surface area contributed by atoms with E-state index in [1.165, 1.54) is 12.1 Å². The van der Waals surface area contributed by atoms with Gasteiger partial charge in [-0.1, -0.05) is 0 Å². The largest absolute Gasteiger partial charge is 0.491 e. The van der Waals surface area contributed by atoms with E-state index in [1.807, 2.05) is 13.2 Å². The minimum absolute atomic E-state index is 0.00534. The predicted octanol–water partition coefficient (Wildman–Crippen LogP) is 0.592. The predicted molar refractivity (Wildman–Crippen MR) is 74.7 cm³/mol. The normalized spacial score (nSPS) is 13.6. The maximum atomic E-state index is 14.0. The minimum atomic E-state index is -1.08. The van der Waals surface area contributed by atoms with Crippen LogP contribution in [0.3, 0.4) is 0 Å². The molecule has 3 rings (SSSR count). The zero-order chi connectivity index (χ0) is 15.0. The second-order valence-corrected chi connectivity index (χ2v) is 5.15. The average molecular weight is 288 g/mol. The Morgan fingerprint density at radius 1 is 1.57 bits per heavy atom. The first-order chi connectivity index (χ1) is 10.0. The van der Waals surface area contributed by atoms with Crippen LogP contribution < -0.4 is 5.46 Å². The molecule has 1 aromatic heterocycles. The number of aryl methyl sites for hydroxylation is 2. The monoisotopic (exact) mass is 288 g/mol. The van der Waals surface area contributed by atoms with Crippen molar-refractivity contribution in [1.82, 2.24) is 9.55 Å².